The number of nitrogens with zero attached hydrogens (tertiary/aromatic N) is 1. The molecular formula is C17H21NO2S. The Kier molecular flexibility index (Phi) is 4.88. The van der Waals surface area contributed by atoms with E-state index in [4.69, 9.17) is 0 Å². The largest absolute Gasteiger partial charge is 0.293 e. The van der Waals surface area contributed by atoms with E-state index in [-0.39, 0.29) is 11.1 Å². The summed E-state index contributed by atoms with van der Waals surface area (Å²) < 4.78 is 0. The molecule has 112 valence electrons. The minimum Gasteiger partial charge on any atom is -0.268 e. The van der Waals surface area contributed by atoms with Gasteiger partial charge in [-0.3, -0.25) is 14.5 Å². The Balaban J connectivity index is 2.33. The molecular weight excluding hydrogens is 282 g/mol. The van der Waals surface area contributed by atoms with Gasteiger partial charge in [-0.15, -0.1) is 0 Å². The predicted octanol–water partition coefficient (Wildman–Crippen LogP) is 4.53. The van der Waals surface area contributed by atoms with Crippen molar-refractivity contribution < 1.29 is 9.59 Å². The van der Waals surface area contributed by atoms with E-state index in [1.165, 1.54) is 16.0 Å². The number of thioether (sulfide) groups is 1. The first kappa shape index (κ1) is 15.8. The average Bonchev–Trinajstić information content (AvgIpc) is 2.74. The molecule has 0 atom stereocenters. The first-order chi connectivity index (χ1) is 9.95. The van der Waals surface area contributed by atoms with E-state index in [1.54, 1.807) is 0 Å². The Morgan fingerprint density at radius 3 is 2.52 bits per heavy atom. The quantitative estimate of drug-likeness (QED) is 0.767. The third-order valence-corrected chi connectivity index (χ3v) is 4.94. The van der Waals surface area contributed by atoms with Gasteiger partial charge in [0.1, 0.15) is 0 Å². The molecule has 1 fully saturated rings. The smallest absolute Gasteiger partial charge is 0.268 e. The number of benzene rings is 1. The van der Waals surface area contributed by atoms with Crippen molar-refractivity contribution in [2.24, 2.45) is 0 Å². The van der Waals surface area contributed by atoms with Crippen molar-refractivity contribution in [3.05, 3.63) is 39.8 Å². The molecule has 0 N–H and O–H groups in total. The molecule has 2 amide bonds. The van der Waals surface area contributed by atoms with Crippen LogP contribution >= 0.6 is 11.8 Å². The van der Waals surface area contributed by atoms with Crippen LogP contribution in [0.3, 0.4) is 0 Å². The topological polar surface area (TPSA) is 37.4 Å². The Bertz CT molecular complexity index is 619. The van der Waals surface area contributed by atoms with E-state index in [0.29, 0.717) is 11.4 Å². The number of amides is 2. The molecule has 0 bridgehead atoms. The minimum absolute atomic E-state index is 0.144. The molecule has 0 unspecified atom stereocenters. The van der Waals surface area contributed by atoms with Crippen LogP contribution in [0.1, 0.15) is 43.4 Å². The number of carbonyl (C=O) groups is 2. The van der Waals surface area contributed by atoms with Gasteiger partial charge in [-0.05, 0) is 61.2 Å². The molecule has 4 heteroatoms. The van der Waals surface area contributed by atoms with Crippen LogP contribution < -0.4 is 0 Å². The van der Waals surface area contributed by atoms with E-state index in [1.807, 2.05) is 13.0 Å². The SMILES string of the molecule is CCCCN1C(=O)S/C(=C(/C)c2ccc(C)c(C)c2)C1=O. The second kappa shape index (κ2) is 6.48. The Hall–Kier alpha value is -1.55. The highest BCUT2D eigenvalue weighted by molar-refractivity contribution is 8.18. The molecule has 0 spiro atoms. The number of unbranched alkanes of at least 4 members (excludes halogenated alkanes) is 1. The van der Waals surface area contributed by atoms with E-state index < -0.39 is 0 Å². The van der Waals surface area contributed by atoms with Crippen molar-refractivity contribution >= 4 is 28.5 Å². The first-order valence-corrected chi connectivity index (χ1v) is 8.09. The first-order valence-electron chi connectivity index (χ1n) is 7.28. The van der Waals surface area contributed by atoms with E-state index in [2.05, 4.69) is 32.9 Å². The summed E-state index contributed by atoms with van der Waals surface area (Å²) in [4.78, 5) is 26.3. The van der Waals surface area contributed by atoms with Gasteiger partial charge >= 0.3 is 0 Å². The number of hydrogen-bond donors (Lipinski definition) is 0. The van der Waals surface area contributed by atoms with Crippen molar-refractivity contribution in [2.45, 2.75) is 40.5 Å². The Morgan fingerprint density at radius 1 is 1.19 bits per heavy atom. The summed E-state index contributed by atoms with van der Waals surface area (Å²) in [7, 11) is 0. The second-order valence-corrected chi connectivity index (χ2v) is 6.39. The van der Waals surface area contributed by atoms with Crippen molar-refractivity contribution in [3.8, 4) is 0 Å². The van der Waals surface area contributed by atoms with Crippen LogP contribution in [0, 0.1) is 13.8 Å². The third kappa shape index (κ3) is 3.21. The van der Waals surface area contributed by atoms with Crippen molar-refractivity contribution in [2.75, 3.05) is 6.54 Å². The van der Waals surface area contributed by atoms with E-state index >= 15 is 0 Å². The zero-order chi connectivity index (χ0) is 15.6. The molecule has 1 heterocycles. The lowest BCUT2D eigenvalue weighted by Crippen LogP contribution is -2.29. The predicted molar refractivity (Wildman–Crippen MR) is 88.1 cm³/mol. The van der Waals surface area contributed by atoms with Gasteiger partial charge in [0.25, 0.3) is 11.1 Å². The van der Waals surface area contributed by atoms with Gasteiger partial charge in [-0.2, -0.15) is 0 Å². The zero-order valence-electron chi connectivity index (χ0n) is 13.0. The molecule has 1 aromatic carbocycles. The molecule has 2 rings (SSSR count). The summed E-state index contributed by atoms with van der Waals surface area (Å²) in [6, 6.07) is 6.14. The summed E-state index contributed by atoms with van der Waals surface area (Å²) in [6.07, 6.45) is 1.82. The highest BCUT2D eigenvalue weighted by atomic mass is 32.2. The number of imide groups is 1. The molecule has 0 saturated carbocycles. The maximum atomic E-state index is 12.4. The molecule has 0 aliphatic carbocycles. The van der Waals surface area contributed by atoms with Gasteiger partial charge in [0.2, 0.25) is 0 Å². The highest BCUT2D eigenvalue weighted by Gasteiger charge is 2.35. The van der Waals surface area contributed by atoms with Crippen LogP contribution in [0.4, 0.5) is 4.79 Å². The average molecular weight is 303 g/mol. The van der Waals surface area contributed by atoms with E-state index in [9.17, 15) is 9.59 Å². The van der Waals surface area contributed by atoms with Gasteiger partial charge < -0.3 is 0 Å². The molecule has 21 heavy (non-hydrogen) atoms. The summed E-state index contributed by atoms with van der Waals surface area (Å²) in [5, 5.41) is -0.147. The van der Waals surface area contributed by atoms with Crippen LogP contribution in [0.2, 0.25) is 0 Å². The zero-order valence-corrected chi connectivity index (χ0v) is 13.8. The van der Waals surface area contributed by atoms with Gasteiger partial charge in [-0.25, -0.2) is 0 Å². The number of allylic oxidation sites excluding steroid dienone is 1. The van der Waals surface area contributed by atoms with E-state index in [0.717, 1.165) is 35.7 Å². The van der Waals surface area contributed by atoms with Crippen LogP contribution in [0.5, 0.6) is 0 Å². The standard InChI is InChI=1S/C17H21NO2S/c1-5-6-9-18-16(19)15(21-17(18)20)13(4)14-8-7-11(2)12(3)10-14/h7-8,10H,5-6,9H2,1-4H3/b15-13-. The molecule has 3 nitrogen and oxygen atoms in total. The van der Waals surface area contributed by atoms with Crippen LogP contribution in [0.15, 0.2) is 23.1 Å². The maximum Gasteiger partial charge on any atom is 0.293 e. The molecule has 0 radical (unpaired) electrons. The van der Waals surface area contributed by atoms with Crippen LogP contribution in [-0.4, -0.2) is 22.6 Å². The lowest BCUT2D eigenvalue weighted by Gasteiger charge is -2.11. The summed E-state index contributed by atoms with van der Waals surface area (Å²) in [5.74, 6) is -0.144. The van der Waals surface area contributed by atoms with Crippen LogP contribution in [-0.2, 0) is 4.79 Å². The third-order valence-electron chi connectivity index (χ3n) is 3.86. The van der Waals surface area contributed by atoms with Gasteiger partial charge in [0.05, 0.1) is 4.91 Å². The molecule has 0 aromatic heterocycles. The number of rotatable bonds is 4. The normalized spacial score (nSPS) is 17.6. The fourth-order valence-corrected chi connectivity index (χ4v) is 3.17. The fourth-order valence-electron chi connectivity index (χ4n) is 2.24. The fraction of sp³-hybridized carbons (Fsp3) is 0.412. The lowest BCUT2D eigenvalue weighted by molar-refractivity contribution is -0.122. The Morgan fingerprint density at radius 2 is 1.90 bits per heavy atom. The highest BCUT2D eigenvalue weighted by Crippen LogP contribution is 2.36. The van der Waals surface area contributed by atoms with Crippen LogP contribution in [0.25, 0.3) is 5.57 Å². The summed E-state index contributed by atoms with van der Waals surface area (Å²) >= 11 is 1.06. The van der Waals surface area contributed by atoms with Crippen molar-refractivity contribution in [1.29, 1.82) is 0 Å². The Labute approximate surface area is 130 Å². The molecule has 1 aliphatic rings. The number of carbonyl (C=O) groups excluding carboxylic acids is 2. The molecule has 1 saturated heterocycles. The van der Waals surface area contributed by atoms with Gasteiger partial charge in [0, 0.05) is 6.54 Å². The minimum atomic E-state index is -0.147. The monoisotopic (exact) mass is 303 g/mol. The molecule has 1 aromatic rings. The van der Waals surface area contributed by atoms with Gasteiger partial charge in [0.15, 0.2) is 0 Å². The van der Waals surface area contributed by atoms with Crippen molar-refractivity contribution in [3.63, 3.8) is 0 Å². The van der Waals surface area contributed by atoms with Crippen molar-refractivity contribution in [1.82, 2.24) is 4.90 Å². The maximum absolute atomic E-state index is 12.4. The molecule has 1 aliphatic heterocycles. The summed E-state index contributed by atoms with van der Waals surface area (Å²) in [6.45, 7) is 8.60. The number of aryl methyl sites for hydroxylation is 2. The van der Waals surface area contributed by atoms with Gasteiger partial charge in [-0.1, -0.05) is 31.5 Å². The second-order valence-electron chi connectivity index (χ2n) is 5.43. The number of hydrogen-bond acceptors (Lipinski definition) is 3. The lowest BCUT2D eigenvalue weighted by atomic mass is 10.0. The summed E-state index contributed by atoms with van der Waals surface area (Å²) in [5.41, 5.74) is 4.32.